The molecule has 2 rings (SSSR count). The highest BCUT2D eigenvalue weighted by atomic mass is 35.5. The number of hydrogen-bond acceptors (Lipinski definition) is 0. The van der Waals surface area contributed by atoms with Crippen LogP contribution in [0.5, 0.6) is 0 Å². The Hall–Kier alpha value is -1.74. The fraction of sp³-hybridized carbons (Fsp3) is 0.0667. The maximum Gasteiger partial charge on any atom is 0.417 e. The van der Waals surface area contributed by atoms with E-state index < -0.39 is 11.7 Å². The first-order valence-corrected chi connectivity index (χ1v) is 5.94. The first-order chi connectivity index (χ1) is 8.97. The average molecular weight is 283 g/mol. The topological polar surface area (TPSA) is 0 Å². The second-order valence-corrected chi connectivity index (χ2v) is 4.41. The molecule has 0 aliphatic carbocycles. The van der Waals surface area contributed by atoms with Crippen LogP contribution in [0, 0.1) is 0 Å². The van der Waals surface area contributed by atoms with E-state index in [0.29, 0.717) is 10.6 Å². The SMILES string of the molecule is FC(F)(F)/C(=C/c1ccc(Cl)cc1)c1ccccc1. The van der Waals surface area contributed by atoms with Crippen molar-refractivity contribution < 1.29 is 13.2 Å². The lowest BCUT2D eigenvalue weighted by Crippen LogP contribution is -2.10. The molecule has 0 fully saturated rings. The van der Waals surface area contributed by atoms with Gasteiger partial charge in [-0.1, -0.05) is 54.1 Å². The lowest BCUT2D eigenvalue weighted by atomic mass is 10.0. The molecule has 0 aromatic heterocycles. The Labute approximate surface area is 114 Å². The molecule has 0 N–H and O–H groups in total. The highest BCUT2D eigenvalue weighted by Crippen LogP contribution is 2.35. The number of hydrogen-bond donors (Lipinski definition) is 0. The van der Waals surface area contributed by atoms with Gasteiger partial charge in [-0.25, -0.2) is 0 Å². The van der Waals surface area contributed by atoms with Crippen molar-refractivity contribution in [1.82, 2.24) is 0 Å². The van der Waals surface area contributed by atoms with Crippen molar-refractivity contribution in [3.63, 3.8) is 0 Å². The van der Waals surface area contributed by atoms with Gasteiger partial charge in [0.2, 0.25) is 0 Å². The summed E-state index contributed by atoms with van der Waals surface area (Å²) in [6.07, 6.45) is -3.29. The van der Waals surface area contributed by atoms with Gasteiger partial charge in [0.1, 0.15) is 0 Å². The van der Waals surface area contributed by atoms with Gasteiger partial charge >= 0.3 is 6.18 Å². The van der Waals surface area contributed by atoms with Crippen LogP contribution in [0.2, 0.25) is 5.02 Å². The van der Waals surface area contributed by atoms with Gasteiger partial charge in [0, 0.05) is 5.02 Å². The minimum atomic E-state index is -4.40. The van der Waals surface area contributed by atoms with Crippen LogP contribution in [0.15, 0.2) is 54.6 Å². The quantitative estimate of drug-likeness (QED) is 0.643. The van der Waals surface area contributed by atoms with Crippen molar-refractivity contribution >= 4 is 23.3 Å². The third-order valence-corrected chi connectivity index (χ3v) is 2.82. The molecule has 0 aliphatic rings. The second kappa shape index (κ2) is 5.49. The van der Waals surface area contributed by atoms with Gasteiger partial charge in [0.05, 0.1) is 5.57 Å². The minimum absolute atomic E-state index is 0.143. The number of halogens is 4. The summed E-state index contributed by atoms with van der Waals surface area (Å²) in [5.74, 6) is 0. The highest BCUT2D eigenvalue weighted by Gasteiger charge is 2.34. The zero-order chi connectivity index (χ0) is 13.9. The second-order valence-electron chi connectivity index (χ2n) is 3.97. The van der Waals surface area contributed by atoms with Gasteiger partial charge in [-0.15, -0.1) is 0 Å². The summed E-state index contributed by atoms with van der Waals surface area (Å²) < 4.78 is 39.2. The predicted molar refractivity (Wildman–Crippen MR) is 71.8 cm³/mol. The molecule has 19 heavy (non-hydrogen) atoms. The number of alkyl halides is 3. The Morgan fingerprint density at radius 3 is 2.00 bits per heavy atom. The third kappa shape index (κ3) is 3.61. The molecule has 0 unspecified atom stereocenters. The maximum atomic E-state index is 13.1. The van der Waals surface area contributed by atoms with Crippen LogP contribution >= 0.6 is 11.6 Å². The lowest BCUT2D eigenvalue weighted by Gasteiger charge is -2.12. The normalized spacial score (nSPS) is 12.5. The molecule has 0 nitrogen and oxygen atoms in total. The van der Waals surface area contributed by atoms with Crippen LogP contribution in [0.1, 0.15) is 11.1 Å². The number of rotatable bonds is 2. The smallest absolute Gasteiger partial charge is 0.166 e. The molecule has 0 saturated carbocycles. The van der Waals surface area contributed by atoms with E-state index in [0.717, 1.165) is 6.08 Å². The fourth-order valence-corrected chi connectivity index (χ4v) is 1.80. The van der Waals surface area contributed by atoms with E-state index >= 15 is 0 Å². The highest BCUT2D eigenvalue weighted by molar-refractivity contribution is 6.30. The Kier molecular flexibility index (Phi) is 3.96. The van der Waals surface area contributed by atoms with Crippen LogP contribution in [-0.4, -0.2) is 6.18 Å². The van der Waals surface area contributed by atoms with Gasteiger partial charge in [0.15, 0.2) is 0 Å². The van der Waals surface area contributed by atoms with Gasteiger partial charge < -0.3 is 0 Å². The van der Waals surface area contributed by atoms with E-state index in [-0.39, 0.29) is 5.56 Å². The first-order valence-electron chi connectivity index (χ1n) is 5.57. The lowest BCUT2D eigenvalue weighted by molar-refractivity contribution is -0.0683. The zero-order valence-electron chi connectivity index (χ0n) is 9.79. The molecule has 0 spiro atoms. The predicted octanol–water partition coefficient (Wildman–Crippen LogP) is 5.44. The Morgan fingerprint density at radius 2 is 1.47 bits per heavy atom. The fourth-order valence-electron chi connectivity index (χ4n) is 1.67. The summed E-state index contributed by atoms with van der Waals surface area (Å²) >= 11 is 5.71. The molecule has 0 radical (unpaired) electrons. The summed E-state index contributed by atoms with van der Waals surface area (Å²) in [6, 6.07) is 13.9. The van der Waals surface area contributed by atoms with Crippen LogP contribution in [0.4, 0.5) is 13.2 Å². The monoisotopic (exact) mass is 282 g/mol. The van der Waals surface area contributed by atoms with Crippen LogP contribution < -0.4 is 0 Å². The van der Waals surface area contributed by atoms with E-state index in [2.05, 4.69) is 0 Å². The Balaban J connectivity index is 2.47. The number of allylic oxidation sites excluding steroid dienone is 1. The van der Waals surface area contributed by atoms with Gasteiger partial charge in [-0.05, 0) is 29.3 Å². The standard InChI is InChI=1S/C15H10ClF3/c16-13-8-6-11(7-9-13)10-14(15(17,18)19)12-4-2-1-3-5-12/h1-10H/b14-10+. The molecule has 2 aromatic rings. The Bertz CT molecular complexity index is 569. The zero-order valence-corrected chi connectivity index (χ0v) is 10.5. The molecule has 0 amide bonds. The van der Waals surface area contributed by atoms with Crippen molar-refractivity contribution in [2.75, 3.05) is 0 Å². The van der Waals surface area contributed by atoms with E-state index in [9.17, 15) is 13.2 Å². The molecule has 2 aromatic carbocycles. The molecular formula is C15H10ClF3. The van der Waals surface area contributed by atoms with Crippen molar-refractivity contribution in [3.05, 3.63) is 70.7 Å². The maximum absolute atomic E-state index is 13.1. The van der Waals surface area contributed by atoms with E-state index in [4.69, 9.17) is 11.6 Å². The van der Waals surface area contributed by atoms with Crippen molar-refractivity contribution in [2.24, 2.45) is 0 Å². The van der Waals surface area contributed by atoms with Crippen molar-refractivity contribution in [1.29, 1.82) is 0 Å². The molecule has 0 atom stereocenters. The summed E-state index contributed by atoms with van der Waals surface area (Å²) in [5.41, 5.74) is -0.0686. The molecule has 4 heteroatoms. The number of benzene rings is 2. The first kappa shape index (κ1) is 13.7. The minimum Gasteiger partial charge on any atom is -0.166 e. The van der Waals surface area contributed by atoms with Crippen LogP contribution in [0.3, 0.4) is 0 Å². The van der Waals surface area contributed by atoms with E-state index in [1.165, 1.54) is 12.1 Å². The molecular weight excluding hydrogens is 273 g/mol. The third-order valence-electron chi connectivity index (χ3n) is 2.57. The summed E-state index contributed by atoms with van der Waals surface area (Å²) in [5, 5.41) is 0.491. The Morgan fingerprint density at radius 1 is 0.895 bits per heavy atom. The van der Waals surface area contributed by atoms with Crippen molar-refractivity contribution in [3.8, 4) is 0 Å². The van der Waals surface area contributed by atoms with E-state index in [1.807, 2.05) is 0 Å². The average Bonchev–Trinajstić information content (AvgIpc) is 2.37. The summed E-state index contributed by atoms with van der Waals surface area (Å²) in [4.78, 5) is 0. The molecule has 0 bridgehead atoms. The largest absolute Gasteiger partial charge is 0.417 e. The molecule has 0 heterocycles. The summed E-state index contributed by atoms with van der Waals surface area (Å²) in [6.45, 7) is 0. The summed E-state index contributed by atoms with van der Waals surface area (Å²) in [7, 11) is 0. The molecule has 98 valence electrons. The van der Waals surface area contributed by atoms with Crippen molar-refractivity contribution in [2.45, 2.75) is 6.18 Å². The van der Waals surface area contributed by atoms with E-state index in [1.54, 1.807) is 42.5 Å². The van der Waals surface area contributed by atoms with Crippen LogP contribution in [0.25, 0.3) is 11.6 Å². The van der Waals surface area contributed by atoms with Gasteiger partial charge in [0.25, 0.3) is 0 Å². The molecule has 0 saturated heterocycles. The molecule has 0 aliphatic heterocycles. The van der Waals surface area contributed by atoms with Crippen LogP contribution in [-0.2, 0) is 0 Å². The van der Waals surface area contributed by atoms with Gasteiger partial charge in [-0.2, -0.15) is 13.2 Å². The van der Waals surface area contributed by atoms with Gasteiger partial charge in [-0.3, -0.25) is 0 Å².